The highest BCUT2D eigenvalue weighted by Crippen LogP contribution is 2.17. The molecule has 0 aliphatic carbocycles. The Morgan fingerprint density at radius 3 is 2.94 bits per heavy atom. The van der Waals surface area contributed by atoms with Crippen LogP contribution in [0.25, 0.3) is 0 Å². The molecular weight excluding hydrogens is 235 g/mol. The van der Waals surface area contributed by atoms with E-state index in [9.17, 15) is 9.18 Å². The summed E-state index contributed by atoms with van der Waals surface area (Å²) in [5.41, 5.74) is 6.00. The normalized spacial score (nSPS) is 12.2. The Bertz CT molecular complexity index is 410. The van der Waals surface area contributed by atoms with Crippen LogP contribution in [0.2, 0.25) is 0 Å². The van der Waals surface area contributed by atoms with Crippen molar-refractivity contribution in [2.24, 2.45) is 0 Å². The van der Waals surface area contributed by atoms with Gasteiger partial charge in [0.1, 0.15) is 11.9 Å². The molecule has 100 valence electrons. The fraction of sp³-hybridized carbons (Fsp3) is 0.462. The van der Waals surface area contributed by atoms with Gasteiger partial charge in [-0.25, -0.2) is 4.39 Å². The number of amides is 1. The molecule has 1 amide bonds. The second-order valence-corrected chi connectivity index (χ2v) is 4.10. The van der Waals surface area contributed by atoms with E-state index >= 15 is 0 Å². The summed E-state index contributed by atoms with van der Waals surface area (Å²) in [5, 5.41) is 2.46. The van der Waals surface area contributed by atoms with Gasteiger partial charge < -0.3 is 15.8 Å². The Balaban J connectivity index is 2.55. The molecule has 5 heteroatoms. The summed E-state index contributed by atoms with van der Waals surface area (Å²) < 4.78 is 18.7. The summed E-state index contributed by atoms with van der Waals surface area (Å²) >= 11 is 0. The topological polar surface area (TPSA) is 64.3 Å². The first-order valence-corrected chi connectivity index (χ1v) is 6.02. The maximum atomic E-state index is 13.4. The summed E-state index contributed by atoms with van der Waals surface area (Å²) in [4.78, 5) is 11.7. The smallest absolute Gasteiger partial charge is 0.253 e. The molecule has 1 aromatic carbocycles. The van der Waals surface area contributed by atoms with E-state index in [1.807, 2.05) is 6.92 Å². The first-order valence-electron chi connectivity index (χ1n) is 6.02. The number of nitrogens with two attached hydrogens (primary N) is 1. The van der Waals surface area contributed by atoms with E-state index in [0.717, 1.165) is 12.8 Å². The largest absolute Gasteiger partial charge is 0.399 e. The number of benzene rings is 1. The van der Waals surface area contributed by atoms with E-state index in [1.165, 1.54) is 18.2 Å². The highest BCUT2D eigenvalue weighted by molar-refractivity contribution is 5.94. The fourth-order valence-electron chi connectivity index (χ4n) is 1.35. The van der Waals surface area contributed by atoms with Crippen LogP contribution in [-0.2, 0) is 9.53 Å². The quantitative estimate of drug-likeness (QED) is 0.605. The van der Waals surface area contributed by atoms with Gasteiger partial charge in [0.2, 0.25) is 0 Å². The summed E-state index contributed by atoms with van der Waals surface area (Å²) in [6.45, 7) is 4.19. The maximum absolute atomic E-state index is 13.4. The lowest BCUT2D eigenvalue weighted by Crippen LogP contribution is -2.28. The van der Waals surface area contributed by atoms with E-state index in [4.69, 9.17) is 10.5 Å². The van der Waals surface area contributed by atoms with Gasteiger partial charge in [-0.2, -0.15) is 0 Å². The Labute approximate surface area is 106 Å². The van der Waals surface area contributed by atoms with Crippen LogP contribution in [0.3, 0.4) is 0 Å². The van der Waals surface area contributed by atoms with Crippen molar-refractivity contribution in [1.29, 1.82) is 0 Å². The van der Waals surface area contributed by atoms with Crippen molar-refractivity contribution in [3.63, 3.8) is 0 Å². The Hall–Kier alpha value is -1.62. The monoisotopic (exact) mass is 254 g/mol. The molecule has 1 aromatic rings. The lowest BCUT2D eigenvalue weighted by molar-refractivity contribution is -0.126. The van der Waals surface area contributed by atoms with Gasteiger partial charge in [-0.15, -0.1) is 0 Å². The molecule has 0 aliphatic rings. The van der Waals surface area contributed by atoms with Gasteiger partial charge in [0, 0.05) is 12.3 Å². The number of anilines is 2. The molecule has 0 heterocycles. The SMILES string of the molecule is CCCCOC(C)C(=O)Nc1cc(N)ccc1F. The molecule has 0 radical (unpaired) electrons. The van der Waals surface area contributed by atoms with Crippen LogP contribution >= 0.6 is 0 Å². The minimum absolute atomic E-state index is 0.0749. The molecule has 1 rings (SSSR count). The highest BCUT2D eigenvalue weighted by atomic mass is 19.1. The molecule has 1 atom stereocenters. The van der Waals surface area contributed by atoms with Crippen LogP contribution in [0.4, 0.5) is 15.8 Å². The van der Waals surface area contributed by atoms with Crippen molar-refractivity contribution in [2.45, 2.75) is 32.8 Å². The van der Waals surface area contributed by atoms with Gasteiger partial charge in [0.25, 0.3) is 5.91 Å². The third kappa shape index (κ3) is 4.33. The predicted molar refractivity (Wildman–Crippen MR) is 69.8 cm³/mol. The molecule has 0 spiro atoms. The number of halogens is 1. The molecular formula is C13H19FN2O2. The molecule has 4 nitrogen and oxygen atoms in total. The fourth-order valence-corrected chi connectivity index (χ4v) is 1.35. The number of carbonyl (C=O) groups excluding carboxylic acids is 1. The lowest BCUT2D eigenvalue weighted by Gasteiger charge is -2.13. The number of hydrogen-bond donors (Lipinski definition) is 2. The number of carbonyl (C=O) groups is 1. The second-order valence-electron chi connectivity index (χ2n) is 4.10. The van der Waals surface area contributed by atoms with Gasteiger partial charge in [-0.05, 0) is 31.5 Å². The number of hydrogen-bond acceptors (Lipinski definition) is 3. The lowest BCUT2D eigenvalue weighted by atomic mass is 10.2. The van der Waals surface area contributed by atoms with Gasteiger partial charge in [-0.3, -0.25) is 4.79 Å². The number of ether oxygens (including phenoxy) is 1. The van der Waals surface area contributed by atoms with Crippen molar-refractivity contribution in [1.82, 2.24) is 0 Å². The third-order valence-electron chi connectivity index (χ3n) is 2.48. The van der Waals surface area contributed by atoms with Crippen molar-refractivity contribution >= 4 is 17.3 Å². The van der Waals surface area contributed by atoms with Gasteiger partial charge in [0.15, 0.2) is 0 Å². The molecule has 18 heavy (non-hydrogen) atoms. The Morgan fingerprint density at radius 1 is 1.56 bits per heavy atom. The zero-order chi connectivity index (χ0) is 13.5. The molecule has 1 unspecified atom stereocenters. The van der Waals surface area contributed by atoms with E-state index in [2.05, 4.69) is 5.32 Å². The molecule has 0 bridgehead atoms. The van der Waals surface area contributed by atoms with Crippen molar-refractivity contribution in [3.8, 4) is 0 Å². The van der Waals surface area contributed by atoms with Crippen molar-refractivity contribution < 1.29 is 13.9 Å². The van der Waals surface area contributed by atoms with Crippen LogP contribution in [-0.4, -0.2) is 18.6 Å². The number of unbranched alkanes of at least 4 members (excludes halogenated alkanes) is 1. The molecule has 3 N–H and O–H groups in total. The number of nitrogen functional groups attached to an aromatic ring is 1. The average Bonchev–Trinajstić information content (AvgIpc) is 2.34. The summed E-state index contributed by atoms with van der Waals surface area (Å²) in [6.07, 6.45) is 1.28. The summed E-state index contributed by atoms with van der Waals surface area (Å²) in [5.74, 6) is -0.895. The number of nitrogens with one attached hydrogen (secondary N) is 1. The minimum atomic E-state index is -0.614. The molecule has 0 aliphatic heterocycles. The first kappa shape index (κ1) is 14.4. The average molecular weight is 254 g/mol. The van der Waals surface area contributed by atoms with E-state index in [0.29, 0.717) is 12.3 Å². The van der Waals surface area contributed by atoms with Crippen LogP contribution in [0.15, 0.2) is 18.2 Å². The highest BCUT2D eigenvalue weighted by Gasteiger charge is 2.15. The van der Waals surface area contributed by atoms with E-state index in [-0.39, 0.29) is 11.6 Å². The van der Waals surface area contributed by atoms with E-state index in [1.54, 1.807) is 6.92 Å². The van der Waals surface area contributed by atoms with Crippen LogP contribution in [0.1, 0.15) is 26.7 Å². The zero-order valence-corrected chi connectivity index (χ0v) is 10.7. The van der Waals surface area contributed by atoms with Crippen molar-refractivity contribution in [2.75, 3.05) is 17.7 Å². The molecule has 0 aromatic heterocycles. The van der Waals surface area contributed by atoms with Gasteiger partial charge >= 0.3 is 0 Å². The Kier molecular flexibility index (Phi) is 5.58. The molecule has 0 fully saturated rings. The summed E-state index contributed by atoms with van der Waals surface area (Å²) in [6, 6.07) is 4.03. The van der Waals surface area contributed by atoms with Crippen molar-refractivity contribution in [3.05, 3.63) is 24.0 Å². The first-order chi connectivity index (χ1) is 8.54. The summed E-state index contributed by atoms with van der Waals surface area (Å²) in [7, 11) is 0. The van der Waals surface area contributed by atoms with E-state index < -0.39 is 11.9 Å². The van der Waals surface area contributed by atoms with Crippen LogP contribution in [0, 0.1) is 5.82 Å². The van der Waals surface area contributed by atoms with Crippen LogP contribution in [0.5, 0.6) is 0 Å². The second kappa shape index (κ2) is 6.96. The standard InChI is InChI=1S/C13H19FN2O2/c1-3-4-7-18-9(2)13(17)16-12-8-10(15)5-6-11(12)14/h5-6,8-9H,3-4,7,15H2,1-2H3,(H,16,17). The van der Waals surface area contributed by atoms with Gasteiger partial charge in [0.05, 0.1) is 5.69 Å². The Morgan fingerprint density at radius 2 is 2.28 bits per heavy atom. The van der Waals surface area contributed by atoms with Crippen LogP contribution < -0.4 is 11.1 Å². The zero-order valence-electron chi connectivity index (χ0n) is 10.7. The third-order valence-corrected chi connectivity index (χ3v) is 2.48. The number of rotatable bonds is 6. The molecule has 0 saturated heterocycles. The minimum Gasteiger partial charge on any atom is -0.399 e. The predicted octanol–water partition coefficient (Wildman–Crippen LogP) is 2.55. The maximum Gasteiger partial charge on any atom is 0.253 e. The molecule has 0 saturated carbocycles. The van der Waals surface area contributed by atoms with Gasteiger partial charge in [-0.1, -0.05) is 13.3 Å².